The van der Waals surface area contributed by atoms with E-state index >= 15 is 0 Å². The fraction of sp³-hybridized carbons (Fsp3) is 0.278. The first-order chi connectivity index (χ1) is 10.2. The van der Waals surface area contributed by atoms with Crippen molar-refractivity contribution in [3.63, 3.8) is 0 Å². The fourth-order valence-electron chi connectivity index (χ4n) is 1.83. The summed E-state index contributed by atoms with van der Waals surface area (Å²) >= 11 is 0.209. The Labute approximate surface area is 134 Å². The van der Waals surface area contributed by atoms with E-state index in [1.807, 2.05) is 24.3 Å². The van der Waals surface area contributed by atoms with Crippen molar-refractivity contribution in [2.24, 2.45) is 0 Å². The average molecular weight is 348 g/mol. The van der Waals surface area contributed by atoms with Gasteiger partial charge in [-0.15, -0.1) is 0 Å². The zero-order chi connectivity index (χ0) is 15.5. The summed E-state index contributed by atoms with van der Waals surface area (Å²) in [5, 5.41) is 0. The number of hydrogen-bond acceptors (Lipinski definition) is 1. The zero-order valence-corrected chi connectivity index (χ0v) is 14.3. The molecular weight excluding hydrogens is 325 g/mol. The van der Waals surface area contributed by atoms with E-state index in [4.69, 9.17) is 0 Å². The Morgan fingerprint density at radius 2 is 1.81 bits per heavy atom. The van der Waals surface area contributed by atoms with Crippen LogP contribution in [-0.4, -0.2) is 38.9 Å². The second-order valence-electron chi connectivity index (χ2n) is 4.60. The Morgan fingerprint density at radius 3 is 2.33 bits per heavy atom. The topological polar surface area (TPSA) is 20.3 Å². The van der Waals surface area contributed by atoms with Crippen LogP contribution in [0.15, 0.2) is 66.2 Å². The van der Waals surface area contributed by atoms with E-state index < -0.39 is 0 Å². The molecule has 0 heterocycles. The predicted molar refractivity (Wildman–Crippen MR) is 91.8 cm³/mol. The van der Waals surface area contributed by atoms with Gasteiger partial charge in [0.2, 0.25) is 0 Å². The molecule has 0 saturated carbocycles. The maximum absolute atomic E-state index is 12.4. The Bertz CT molecular complexity index is 483. The van der Waals surface area contributed by atoms with Gasteiger partial charge in [-0.2, -0.15) is 0 Å². The van der Waals surface area contributed by atoms with E-state index in [0.717, 1.165) is 12.8 Å². The fourth-order valence-corrected chi connectivity index (χ4v) is 4.06. The van der Waals surface area contributed by atoms with Crippen LogP contribution in [-0.2, 0) is 4.79 Å². The Balaban J connectivity index is 2.84. The molecule has 0 atom stereocenters. The number of nitrogens with zero attached hydrogens (tertiary/aromatic N) is 1. The summed E-state index contributed by atoms with van der Waals surface area (Å²) in [4.78, 5) is 14.1. The van der Waals surface area contributed by atoms with Crippen molar-refractivity contribution in [2.45, 2.75) is 19.8 Å². The molecule has 112 valence electrons. The molecule has 1 aromatic rings. The summed E-state index contributed by atoms with van der Waals surface area (Å²) in [5.74, 6) is 0.0519. The summed E-state index contributed by atoms with van der Waals surface area (Å²) in [5.41, 5.74) is 0. The molecule has 0 spiro atoms. The van der Waals surface area contributed by atoms with Gasteiger partial charge in [-0.25, -0.2) is 0 Å². The van der Waals surface area contributed by atoms with Crippen molar-refractivity contribution >= 4 is 25.3 Å². The van der Waals surface area contributed by atoms with Gasteiger partial charge >= 0.3 is 134 Å². The summed E-state index contributed by atoms with van der Waals surface area (Å²) in [6.45, 7) is 10.7. The van der Waals surface area contributed by atoms with E-state index in [2.05, 4.69) is 32.2 Å². The number of rotatable bonds is 9. The third kappa shape index (κ3) is 6.61. The SMILES string of the molecule is C=CCN(CC=C)C(=O)/C=C(\CCC)[Se]c1ccccc1. The van der Waals surface area contributed by atoms with Crippen LogP contribution in [0.4, 0.5) is 0 Å². The Kier molecular flexibility index (Phi) is 8.49. The van der Waals surface area contributed by atoms with Gasteiger partial charge in [0.05, 0.1) is 0 Å². The van der Waals surface area contributed by atoms with E-state index in [9.17, 15) is 4.79 Å². The van der Waals surface area contributed by atoms with Gasteiger partial charge in [0, 0.05) is 0 Å². The summed E-state index contributed by atoms with van der Waals surface area (Å²) < 4.78 is 2.54. The number of benzene rings is 1. The number of allylic oxidation sites excluding steroid dienone is 1. The molecule has 1 rings (SSSR count). The monoisotopic (exact) mass is 349 g/mol. The van der Waals surface area contributed by atoms with Crippen LogP contribution in [0.3, 0.4) is 0 Å². The standard InChI is InChI=1S/C18H23NOSe/c1-4-10-17(21-16-11-8-7-9-12-16)15-18(20)19(13-5-2)14-6-3/h5-9,11-12,15H,2-4,10,13-14H2,1H3/b17-15+. The van der Waals surface area contributed by atoms with Crippen molar-refractivity contribution in [1.29, 1.82) is 0 Å². The van der Waals surface area contributed by atoms with Crippen molar-refractivity contribution in [3.05, 3.63) is 66.2 Å². The van der Waals surface area contributed by atoms with E-state index in [1.165, 1.54) is 8.93 Å². The molecule has 1 aromatic carbocycles. The van der Waals surface area contributed by atoms with Crippen LogP contribution in [0.1, 0.15) is 19.8 Å². The van der Waals surface area contributed by atoms with Crippen molar-refractivity contribution < 1.29 is 4.79 Å². The second kappa shape index (κ2) is 10.2. The Hall–Kier alpha value is -1.57. The zero-order valence-electron chi connectivity index (χ0n) is 12.6. The van der Waals surface area contributed by atoms with Crippen LogP contribution in [0.2, 0.25) is 0 Å². The molecule has 0 aliphatic carbocycles. The van der Waals surface area contributed by atoms with Crippen molar-refractivity contribution in [2.75, 3.05) is 13.1 Å². The Morgan fingerprint density at radius 1 is 1.19 bits per heavy atom. The molecule has 21 heavy (non-hydrogen) atoms. The number of hydrogen-bond donors (Lipinski definition) is 0. The first-order valence-electron chi connectivity index (χ1n) is 7.15. The second-order valence-corrected chi connectivity index (χ2v) is 7.11. The van der Waals surface area contributed by atoms with Crippen LogP contribution < -0.4 is 4.46 Å². The van der Waals surface area contributed by atoms with Crippen LogP contribution in [0.5, 0.6) is 0 Å². The molecule has 3 heteroatoms. The van der Waals surface area contributed by atoms with Crippen molar-refractivity contribution in [3.8, 4) is 0 Å². The summed E-state index contributed by atoms with van der Waals surface area (Å²) in [6.07, 6.45) is 7.32. The molecule has 0 unspecified atom stereocenters. The molecule has 2 nitrogen and oxygen atoms in total. The third-order valence-electron chi connectivity index (χ3n) is 2.78. The van der Waals surface area contributed by atoms with E-state index in [1.54, 1.807) is 17.1 Å². The molecule has 0 N–H and O–H groups in total. The van der Waals surface area contributed by atoms with Crippen LogP contribution in [0, 0.1) is 0 Å². The molecule has 0 aliphatic rings. The van der Waals surface area contributed by atoms with E-state index in [0.29, 0.717) is 13.1 Å². The van der Waals surface area contributed by atoms with Gasteiger partial charge in [-0.05, 0) is 0 Å². The minimum atomic E-state index is 0.0519. The molecule has 0 radical (unpaired) electrons. The number of carbonyl (C=O) groups is 1. The van der Waals surface area contributed by atoms with Gasteiger partial charge in [0.15, 0.2) is 0 Å². The quantitative estimate of drug-likeness (QED) is 0.382. The molecule has 0 fully saturated rings. The number of amides is 1. The molecule has 1 amide bonds. The van der Waals surface area contributed by atoms with Gasteiger partial charge in [-0.3, -0.25) is 0 Å². The summed E-state index contributed by atoms with van der Waals surface area (Å²) in [7, 11) is 0. The average Bonchev–Trinajstić information content (AvgIpc) is 2.48. The minimum absolute atomic E-state index is 0.0519. The van der Waals surface area contributed by atoms with E-state index in [-0.39, 0.29) is 20.9 Å². The molecule has 0 bridgehead atoms. The molecule has 0 aliphatic heterocycles. The molecule has 0 saturated heterocycles. The predicted octanol–water partition coefficient (Wildman–Crippen LogP) is 2.90. The maximum atomic E-state index is 12.4. The summed E-state index contributed by atoms with van der Waals surface area (Å²) in [6, 6.07) is 10.4. The van der Waals surface area contributed by atoms with Gasteiger partial charge in [0.25, 0.3) is 0 Å². The third-order valence-corrected chi connectivity index (χ3v) is 5.07. The van der Waals surface area contributed by atoms with Crippen LogP contribution in [0.25, 0.3) is 0 Å². The normalized spacial score (nSPS) is 11.0. The molecule has 0 aromatic heterocycles. The van der Waals surface area contributed by atoms with Crippen molar-refractivity contribution in [1.82, 2.24) is 4.90 Å². The van der Waals surface area contributed by atoms with Crippen LogP contribution >= 0.6 is 0 Å². The van der Waals surface area contributed by atoms with Gasteiger partial charge in [-0.1, -0.05) is 0 Å². The van der Waals surface area contributed by atoms with Gasteiger partial charge in [0.1, 0.15) is 0 Å². The first-order valence-corrected chi connectivity index (χ1v) is 8.86. The molecular formula is C18H23NOSe. The number of carbonyl (C=O) groups excluding carboxylic acids is 1. The van der Waals surface area contributed by atoms with Gasteiger partial charge < -0.3 is 0 Å². The first kappa shape index (κ1) is 17.5.